The molecule has 5 heteroatoms. The van der Waals surface area contributed by atoms with E-state index in [-0.39, 0.29) is 11.9 Å². The Morgan fingerprint density at radius 3 is 2.67 bits per heavy atom. The van der Waals surface area contributed by atoms with E-state index >= 15 is 0 Å². The lowest BCUT2D eigenvalue weighted by molar-refractivity contribution is 0.0927. The Bertz CT molecular complexity index is 772. The molecule has 0 unspecified atom stereocenters. The van der Waals surface area contributed by atoms with E-state index in [2.05, 4.69) is 5.32 Å². The molecule has 1 fully saturated rings. The molecule has 0 aromatic heterocycles. The zero-order valence-electron chi connectivity index (χ0n) is 15.7. The molecule has 1 aliphatic rings. The standard InChI is InChI=1S/C22H26ClNO3/c1-2-26-21-12-11-16(22(25)24-19-8-4-3-5-9-19)13-17(21)15-27-20-10-6-7-18(23)14-20/h6-7,10-14,19H,2-5,8-9,15H2,1H3,(H,24,25). The largest absolute Gasteiger partial charge is 0.493 e. The van der Waals surface area contributed by atoms with Crippen LogP contribution >= 0.6 is 11.6 Å². The fourth-order valence-corrected chi connectivity index (χ4v) is 3.54. The van der Waals surface area contributed by atoms with Crippen LogP contribution in [-0.2, 0) is 6.61 Å². The molecular weight excluding hydrogens is 362 g/mol. The third-order valence-corrected chi connectivity index (χ3v) is 4.99. The van der Waals surface area contributed by atoms with Crippen LogP contribution < -0.4 is 14.8 Å². The predicted octanol–water partition coefficient (Wildman–Crippen LogP) is 5.38. The molecule has 0 saturated heterocycles. The number of carbonyl (C=O) groups excluding carboxylic acids is 1. The minimum absolute atomic E-state index is 0.0334. The van der Waals surface area contributed by atoms with Gasteiger partial charge in [0.2, 0.25) is 0 Å². The maximum absolute atomic E-state index is 12.6. The van der Waals surface area contributed by atoms with Gasteiger partial charge >= 0.3 is 0 Å². The van der Waals surface area contributed by atoms with Gasteiger partial charge in [-0.3, -0.25) is 4.79 Å². The first-order chi connectivity index (χ1) is 13.2. The maximum atomic E-state index is 12.6. The minimum atomic E-state index is -0.0334. The molecule has 1 aliphatic carbocycles. The molecule has 0 atom stereocenters. The van der Waals surface area contributed by atoms with Gasteiger partial charge in [0, 0.05) is 22.2 Å². The number of halogens is 1. The van der Waals surface area contributed by atoms with E-state index in [9.17, 15) is 4.79 Å². The normalized spacial score (nSPS) is 14.6. The van der Waals surface area contributed by atoms with E-state index < -0.39 is 0 Å². The molecule has 3 rings (SSSR count). The predicted molar refractivity (Wildman–Crippen MR) is 108 cm³/mol. The van der Waals surface area contributed by atoms with Crippen LogP contribution in [0.1, 0.15) is 54.9 Å². The van der Waals surface area contributed by atoms with E-state index in [1.807, 2.05) is 37.3 Å². The van der Waals surface area contributed by atoms with Crippen molar-refractivity contribution in [3.8, 4) is 11.5 Å². The second-order valence-corrected chi connectivity index (χ2v) is 7.25. The van der Waals surface area contributed by atoms with Crippen LogP contribution in [0.5, 0.6) is 11.5 Å². The second-order valence-electron chi connectivity index (χ2n) is 6.81. The van der Waals surface area contributed by atoms with Crippen molar-refractivity contribution in [2.24, 2.45) is 0 Å². The van der Waals surface area contributed by atoms with Crippen molar-refractivity contribution in [1.82, 2.24) is 5.32 Å². The summed E-state index contributed by atoms with van der Waals surface area (Å²) in [5.41, 5.74) is 1.47. The van der Waals surface area contributed by atoms with Gasteiger partial charge in [-0.05, 0) is 56.2 Å². The lowest BCUT2D eigenvalue weighted by Crippen LogP contribution is -2.36. The lowest BCUT2D eigenvalue weighted by Gasteiger charge is -2.23. The monoisotopic (exact) mass is 387 g/mol. The molecule has 1 N–H and O–H groups in total. The summed E-state index contributed by atoms with van der Waals surface area (Å²) in [6.07, 6.45) is 5.77. The highest BCUT2D eigenvalue weighted by Gasteiger charge is 2.18. The SMILES string of the molecule is CCOc1ccc(C(=O)NC2CCCCC2)cc1COc1cccc(Cl)c1. The molecule has 2 aromatic rings. The summed E-state index contributed by atoms with van der Waals surface area (Å²) in [7, 11) is 0. The van der Waals surface area contributed by atoms with Crippen LogP contribution in [-0.4, -0.2) is 18.6 Å². The van der Waals surface area contributed by atoms with Crippen molar-refractivity contribution < 1.29 is 14.3 Å². The van der Waals surface area contributed by atoms with Gasteiger partial charge in [-0.15, -0.1) is 0 Å². The number of nitrogens with one attached hydrogen (secondary N) is 1. The van der Waals surface area contributed by atoms with Gasteiger partial charge in [-0.25, -0.2) is 0 Å². The zero-order chi connectivity index (χ0) is 19.1. The molecule has 27 heavy (non-hydrogen) atoms. The topological polar surface area (TPSA) is 47.6 Å². The third kappa shape index (κ3) is 5.64. The summed E-state index contributed by atoms with van der Waals surface area (Å²) in [5, 5.41) is 3.78. The lowest BCUT2D eigenvalue weighted by atomic mass is 9.95. The minimum Gasteiger partial charge on any atom is -0.493 e. The van der Waals surface area contributed by atoms with Crippen molar-refractivity contribution in [1.29, 1.82) is 0 Å². The summed E-state index contributed by atoms with van der Waals surface area (Å²) in [4.78, 5) is 12.6. The molecule has 0 radical (unpaired) electrons. The van der Waals surface area contributed by atoms with Gasteiger partial charge in [0.05, 0.1) is 6.61 Å². The Hall–Kier alpha value is -2.20. The van der Waals surface area contributed by atoms with Crippen molar-refractivity contribution >= 4 is 17.5 Å². The van der Waals surface area contributed by atoms with E-state index in [4.69, 9.17) is 21.1 Å². The molecule has 144 valence electrons. The van der Waals surface area contributed by atoms with Crippen LogP contribution in [0, 0.1) is 0 Å². The highest BCUT2D eigenvalue weighted by molar-refractivity contribution is 6.30. The van der Waals surface area contributed by atoms with Gasteiger partial charge in [-0.2, -0.15) is 0 Å². The van der Waals surface area contributed by atoms with E-state index in [1.54, 1.807) is 12.1 Å². The van der Waals surface area contributed by atoms with Crippen molar-refractivity contribution in [2.75, 3.05) is 6.61 Å². The van der Waals surface area contributed by atoms with Crippen LogP contribution in [0.15, 0.2) is 42.5 Å². The number of ether oxygens (including phenoxy) is 2. The van der Waals surface area contributed by atoms with Gasteiger partial charge in [0.15, 0.2) is 0 Å². The third-order valence-electron chi connectivity index (χ3n) is 4.75. The smallest absolute Gasteiger partial charge is 0.251 e. The van der Waals surface area contributed by atoms with Crippen LogP contribution in [0.4, 0.5) is 0 Å². The van der Waals surface area contributed by atoms with Gasteiger partial charge in [0.1, 0.15) is 18.1 Å². The molecule has 0 aliphatic heterocycles. The average molecular weight is 388 g/mol. The first kappa shape index (κ1) is 19.6. The highest BCUT2D eigenvalue weighted by atomic mass is 35.5. The Morgan fingerprint density at radius 1 is 1.11 bits per heavy atom. The van der Waals surface area contributed by atoms with Crippen LogP contribution in [0.25, 0.3) is 0 Å². The van der Waals surface area contributed by atoms with Crippen molar-refractivity contribution in [3.63, 3.8) is 0 Å². The summed E-state index contributed by atoms with van der Waals surface area (Å²) < 4.78 is 11.5. The second kappa shape index (κ2) is 9.65. The molecule has 1 amide bonds. The Kier molecular flexibility index (Phi) is 6.99. The van der Waals surface area contributed by atoms with Crippen molar-refractivity contribution in [2.45, 2.75) is 51.7 Å². The first-order valence-corrected chi connectivity index (χ1v) is 9.98. The van der Waals surface area contributed by atoms with Crippen LogP contribution in [0.2, 0.25) is 5.02 Å². The molecule has 4 nitrogen and oxygen atoms in total. The molecule has 1 saturated carbocycles. The molecule has 0 bridgehead atoms. The van der Waals surface area contributed by atoms with Crippen molar-refractivity contribution in [3.05, 3.63) is 58.6 Å². The van der Waals surface area contributed by atoms with Crippen LogP contribution in [0.3, 0.4) is 0 Å². The van der Waals surface area contributed by atoms with Gasteiger partial charge in [-0.1, -0.05) is 36.9 Å². The fraction of sp³-hybridized carbons (Fsp3) is 0.409. The fourth-order valence-electron chi connectivity index (χ4n) is 3.36. The highest BCUT2D eigenvalue weighted by Crippen LogP contribution is 2.25. The number of hydrogen-bond acceptors (Lipinski definition) is 3. The number of carbonyl (C=O) groups is 1. The Labute approximate surface area is 165 Å². The average Bonchev–Trinajstić information content (AvgIpc) is 2.68. The van der Waals surface area contributed by atoms with E-state index in [1.165, 1.54) is 19.3 Å². The van der Waals surface area contributed by atoms with Gasteiger partial charge < -0.3 is 14.8 Å². The molecule has 0 spiro atoms. The number of benzene rings is 2. The summed E-state index contributed by atoms with van der Waals surface area (Å²) in [6.45, 7) is 2.79. The Morgan fingerprint density at radius 2 is 1.93 bits per heavy atom. The zero-order valence-corrected chi connectivity index (χ0v) is 16.4. The number of amides is 1. The Balaban J connectivity index is 1.72. The van der Waals surface area contributed by atoms with E-state index in [0.29, 0.717) is 29.5 Å². The molecule has 2 aromatic carbocycles. The quantitative estimate of drug-likeness (QED) is 0.693. The summed E-state index contributed by atoms with van der Waals surface area (Å²) in [6, 6.07) is 13.1. The summed E-state index contributed by atoms with van der Waals surface area (Å²) in [5.74, 6) is 1.38. The van der Waals surface area contributed by atoms with Gasteiger partial charge in [0.25, 0.3) is 5.91 Å². The number of hydrogen-bond donors (Lipinski definition) is 1. The maximum Gasteiger partial charge on any atom is 0.251 e. The first-order valence-electron chi connectivity index (χ1n) is 9.60. The number of rotatable bonds is 7. The summed E-state index contributed by atoms with van der Waals surface area (Å²) >= 11 is 6.01. The molecule has 0 heterocycles. The van der Waals surface area contributed by atoms with E-state index in [0.717, 1.165) is 24.2 Å². The molecular formula is C22H26ClNO3.